The van der Waals surface area contributed by atoms with Crippen LogP contribution < -0.4 is 10.2 Å². The molecule has 0 aliphatic carbocycles. The predicted octanol–water partition coefficient (Wildman–Crippen LogP) is 1.34. The lowest BCUT2D eigenvalue weighted by atomic mass is 9.99. The fourth-order valence-electron chi connectivity index (χ4n) is 3.03. The van der Waals surface area contributed by atoms with Gasteiger partial charge in [0.25, 0.3) is 0 Å². The second kappa shape index (κ2) is 6.95. The minimum atomic E-state index is -1.23. The van der Waals surface area contributed by atoms with Crippen molar-refractivity contribution in [2.75, 3.05) is 31.6 Å². The summed E-state index contributed by atoms with van der Waals surface area (Å²) in [5.74, 6) is -0.220. The number of ketones is 1. The van der Waals surface area contributed by atoms with Crippen LogP contribution in [0.1, 0.15) is 26.0 Å². The Balaban J connectivity index is 2.26. The zero-order chi connectivity index (χ0) is 17.0. The maximum atomic E-state index is 12.2. The Labute approximate surface area is 136 Å². The highest BCUT2D eigenvalue weighted by molar-refractivity contribution is 5.90. The summed E-state index contributed by atoms with van der Waals surface area (Å²) in [4.78, 5) is 31.3. The summed E-state index contributed by atoms with van der Waals surface area (Å²) in [6.45, 7) is 4.57. The van der Waals surface area contributed by atoms with E-state index in [0.717, 1.165) is 24.2 Å². The molecule has 1 aromatic heterocycles. The number of aromatic nitrogens is 1. The first-order valence-corrected chi connectivity index (χ1v) is 7.85. The fraction of sp³-hybridized carbons (Fsp3) is 0.562. The van der Waals surface area contributed by atoms with Crippen LogP contribution in [0.2, 0.25) is 0 Å². The number of amides is 1. The van der Waals surface area contributed by atoms with E-state index in [0.29, 0.717) is 6.54 Å². The number of aryl methyl sites for hydroxylation is 1. The molecule has 0 aromatic carbocycles. The Morgan fingerprint density at radius 2 is 2.13 bits per heavy atom. The standard InChI is InChI=1S/C16H24N4O3/c1-4-5-13-6-7-14(10-18-13)19-8-9-20(15(22)23)16(11-19,17-3)12(2)21/h6-7,10,17H,4-5,8-9,11H2,1-3H3,(H,22,23). The van der Waals surface area contributed by atoms with Crippen LogP contribution >= 0.6 is 0 Å². The van der Waals surface area contributed by atoms with E-state index in [1.165, 1.54) is 11.8 Å². The van der Waals surface area contributed by atoms with E-state index in [-0.39, 0.29) is 18.9 Å². The largest absolute Gasteiger partial charge is 0.465 e. The Kier molecular flexibility index (Phi) is 5.20. The number of carbonyl (C=O) groups is 2. The van der Waals surface area contributed by atoms with Gasteiger partial charge in [-0.2, -0.15) is 0 Å². The maximum absolute atomic E-state index is 12.2. The van der Waals surface area contributed by atoms with Crippen LogP contribution in [0.3, 0.4) is 0 Å². The number of rotatable bonds is 5. The summed E-state index contributed by atoms with van der Waals surface area (Å²) in [5.41, 5.74) is 0.703. The van der Waals surface area contributed by atoms with Crippen LogP contribution in [-0.4, -0.2) is 59.2 Å². The fourth-order valence-corrected chi connectivity index (χ4v) is 3.03. The molecule has 126 valence electrons. The molecule has 1 aliphatic heterocycles. The minimum absolute atomic E-state index is 0.220. The molecule has 7 nitrogen and oxygen atoms in total. The topological polar surface area (TPSA) is 85.8 Å². The van der Waals surface area contributed by atoms with Gasteiger partial charge < -0.3 is 10.0 Å². The van der Waals surface area contributed by atoms with Gasteiger partial charge in [0.05, 0.1) is 18.4 Å². The average molecular weight is 320 g/mol. The van der Waals surface area contributed by atoms with Crippen LogP contribution in [0.4, 0.5) is 10.5 Å². The van der Waals surface area contributed by atoms with Crippen molar-refractivity contribution in [1.82, 2.24) is 15.2 Å². The van der Waals surface area contributed by atoms with Crippen molar-refractivity contribution < 1.29 is 14.7 Å². The van der Waals surface area contributed by atoms with E-state index in [2.05, 4.69) is 17.2 Å². The predicted molar refractivity (Wildman–Crippen MR) is 87.6 cm³/mol. The third-order valence-corrected chi connectivity index (χ3v) is 4.38. The number of likely N-dealkylation sites (N-methyl/N-ethyl adjacent to an activating group) is 1. The smallest absolute Gasteiger partial charge is 0.409 e. The Bertz CT molecular complexity index is 575. The molecule has 1 fully saturated rings. The van der Waals surface area contributed by atoms with Gasteiger partial charge in [-0.1, -0.05) is 13.3 Å². The molecule has 1 amide bonds. The van der Waals surface area contributed by atoms with Gasteiger partial charge in [-0.15, -0.1) is 0 Å². The summed E-state index contributed by atoms with van der Waals surface area (Å²) in [7, 11) is 1.61. The average Bonchev–Trinajstić information content (AvgIpc) is 2.54. The van der Waals surface area contributed by atoms with Gasteiger partial charge in [-0.05, 0) is 32.5 Å². The monoisotopic (exact) mass is 320 g/mol. The van der Waals surface area contributed by atoms with Crippen LogP contribution in [0.5, 0.6) is 0 Å². The van der Waals surface area contributed by atoms with Crippen LogP contribution in [0.15, 0.2) is 18.3 Å². The molecule has 1 atom stereocenters. The lowest BCUT2D eigenvalue weighted by Crippen LogP contribution is -2.73. The van der Waals surface area contributed by atoms with E-state index in [4.69, 9.17) is 0 Å². The number of pyridine rings is 1. The van der Waals surface area contributed by atoms with E-state index >= 15 is 0 Å². The molecular weight excluding hydrogens is 296 g/mol. The Hall–Kier alpha value is -2.15. The number of Topliss-reactive ketones (excluding diaryl/α,β-unsaturated/α-hetero) is 1. The van der Waals surface area contributed by atoms with Crippen LogP contribution in [-0.2, 0) is 11.2 Å². The van der Waals surface area contributed by atoms with Crippen molar-refractivity contribution in [3.05, 3.63) is 24.0 Å². The molecule has 0 spiro atoms. The van der Waals surface area contributed by atoms with E-state index in [1.54, 1.807) is 13.2 Å². The number of nitrogens with one attached hydrogen (secondary N) is 1. The highest BCUT2D eigenvalue weighted by Gasteiger charge is 2.47. The second-order valence-corrected chi connectivity index (χ2v) is 5.78. The van der Waals surface area contributed by atoms with Gasteiger partial charge in [0, 0.05) is 18.8 Å². The first kappa shape index (κ1) is 17.2. The number of hydrogen-bond donors (Lipinski definition) is 2. The molecule has 23 heavy (non-hydrogen) atoms. The van der Waals surface area contributed by atoms with Crippen molar-refractivity contribution in [2.24, 2.45) is 0 Å². The molecular formula is C16H24N4O3. The van der Waals surface area contributed by atoms with Gasteiger partial charge in [0.15, 0.2) is 11.4 Å². The van der Waals surface area contributed by atoms with Crippen molar-refractivity contribution in [3.63, 3.8) is 0 Å². The normalized spacial score (nSPS) is 21.3. The van der Waals surface area contributed by atoms with Gasteiger partial charge in [-0.3, -0.25) is 20.0 Å². The summed E-state index contributed by atoms with van der Waals surface area (Å²) in [6, 6.07) is 3.96. The van der Waals surface area contributed by atoms with Gasteiger partial charge in [0.2, 0.25) is 0 Å². The molecule has 2 rings (SSSR count). The molecule has 7 heteroatoms. The lowest BCUT2D eigenvalue weighted by Gasteiger charge is -2.48. The number of piperazine rings is 1. The highest BCUT2D eigenvalue weighted by atomic mass is 16.4. The molecule has 2 heterocycles. The molecule has 0 saturated carbocycles. The number of anilines is 1. The summed E-state index contributed by atoms with van der Waals surface area (Å²) in [6.07, 6.45) is 2.67. The zero-order valence-corrected chi connectivity index (χ0v) is 13.9. The molecule has 0 bridgehead atoms. The summed E-state index contributed by atoms with van der Waals surface area (Å²) < 4.78 is 0. The molecule has 2 N–H and O–H groups in total. The van der Waals surface area contributed by atoms with Crippen molar-refractivity contribution in [2.45, 2.75) is 32.4 Å². The van der Waals surface area contributed by atoms with Gasteiger partial charge in [-0.25, -0.2) is 4.79 Å². The Morgan fingerprint density at radius 1 is 1.39 bits per heavy atom. The number of nitrogens with zero attached hydrogens (tertiary/aromatic N) is 3. The third-order valence-electron chi connectivity index (χ3n) is 4.38. The number of carboxylic acid groups (broad SMARTS) is 1. The van der Waals surface area contributed by atoms with Crippen molar-refractivity contribution in [1.29, 1.82) is 0 Å². The van der Waals surface area contributed by atoms with Gasteiger partial charge in [0.1, 0.15) is 0 Å². The third kappa shape index (κ3) is 3.29. The summed E-state index contributed by atoms with van der Waals surface area (Å²) >= 11 is 0. The zero-order valence-electron chi connectivity index (χ0n) is 13.9. The van der Waals surface area contributed by atoms with Crippen molar-refractivity contribution >= 4 is 17.6 Å². The number of carbonyl (C=O) groups excluding carboxylic acids is 1. The first-order chi connectivity index (χ1) is 10.9. The number of hydrogen-bond acceptors (Lipinski definition) is 5. The molecule has 1 unspecified atom stereocenters. The second-order valence-electron chi connectivity index (χ2n) is 5.78. The quantitative estimate of drug-likeness (QED) is 0.851. The SMILES string of the molecule is CCCc1ccc(N2CCN(C(=O)O)C(NC)(C(C)=O)C2)cn1. The van der Waals surface area contributed by atoms with E-state index in [1.807, 2.05) is 17.0 Å². The molecule has 1 saturated heterocycles. The van der Waals surface area contributed by atoms with E-state index < -0.39 is 11.8 Å². The lowest BCUT2D eigenvalue weighted by molar-refractivity contribution is -0.130. The van der Waals surface area contributed by atoms with Crippen LogP contribution in [0, 0.1) is 0 Å². The maximum Gasteiger partial charge on any atom is 0.409 e. The van der Waals surface area contributed by atoms with Crippen molar-refractivity contribution in [3.8, 4) is 0 Å². The van der Waals surface area contributed by atoms with Crippen LogP contribution in [0.25, 0.3) is 0 Å². The van der Waals surface area contributed by atoms with Gasteiger partial charge >= 0.3 is 6.09 Å². The molecule has 0 radical (unpaired) electrons. The minimum Gasteiger partial charge on any atom is -0.465 e. The summed E-state index contributed by atoms with van der Waals surface area (Å²) in [5, 5.41) is 12.3. The van der Waals surface area contributed by atoms with E-state index in [9.17, 15) is 14.7 Å². The molecule has 1 aliphatic rings. The Morgan fingerprint density at radius 3 is 2.61 bits per heavy atom. The first-order valence-electron chi connectivity index (χ1n) is 7.85. The molecule has 1 aromatic rings. The highest BCUT2D eigenvalue weighted by Crippen LogP contribution is 2.25.